The van der Waals surface area contributed by atoms with Gasteiger partial charge in [-0.05, 0) is 29.3 Å². The van der Waals surface area contributed by atoms with Crippen molar-refractivity contribution < 1.29 is 20.1 Å². The van der Waals surface area contributed by atoms with Gasteiger partial charge in [0.15, 0.2) is 0 Å². The molecule has 0 fully saturated rings. The minimum absolute atomic E-state index is 0.00425. The second-order valence-corrected chi connectivity index (χ2v) is 6.36. The van der Waals surface area contributed by atoms with Crippen molar-refractivity contribution in [1.29, 1.82) is 0 Å². The van der Waals surface area contributed by atoms with Crippen LogP contribution in [0.2, 0.25) is 0 Å². The number of aliphatic hydroxyl groups is 2. The monoisotopic (exact) mass is 390 g/mol. The molecule has 1 unspecified atom stereocenters. The molecule has 27 heavy (non-hydrogen) atoms. The van der Waals surface area contributed by atoms with Crippen LogP contribution in [0.3, 0.4) is 0 Å². The molecule has 7 heteroatoms. The van der Waals surface area contributed by atoms with Crippen LogP contribution in [0.25, 0.3) is 12.2 Å². The molecule has 0 saturated heterocycles. The predicted molar refractivity (Wildman–Crippen MR) is 111 cm³/mol. The van der Waals surface area contributed by atoms with Gasteiger partial charge in [0.05, 0.1) is 25.9 Å². The van der Waals surface area contributed by atoms with Crippen molar-refractivity contribution in [2.24, 2.45) is 0 Å². The molecule has 146 valence electrons. The van der Waals surface area contributed by atoms with Gasteiger partial charge in [0, 0.05) is 36.8 Å². The van der Waals surface area contributed by atoms with Gasteiger partial charge in [0.1, 0.15) is 0 Å². The van der Waals surface area contributed by atoms with E-state index in [0.29, 0.717) is 25.4 Å². The summed E-state index contributed by atoms with van der Waals surface area (Å²) in [5.74, 6) is 0.375. The summed E-state index contributed by atoms with van der Waals surface area (Å²) in [5.41, 5.74) is 2.93. The van der Waals surface area contributed by atoms with E-state index in [1.165, 1.54) is 0 Å². The number of anilines is 1. The molecule has 1 aromatic heterocycles. The van der Waals surface area contributed by atoms with Crippen LogP contribution in [0.15, 0.2) is 42.6 Å². The number of aromatic nitrogens is 1. The van der Waals surface area contributed by atoms with Gasteiger partial charge in [0.2, 0.25) is 5.88 Å². The topological polar surface area (TPSA) is 86.1 Å². The van der Waals surface area contributed by atoms with Gasteiger partial charge < -0.3 is 25.0 Å². The first-order valence-electron chi connectivity index (χ1n) is 8.78. The quantitative estimate of drug-likeness (QED) is 0.347. The Kier molecular flexibility index (Phi) is 9.13. The lowest BCUT2D eigenvalue weighted by Crippen LogP contribution is -2.31. The molecular weight excluding hydrogens is 364 g/mol. The van der Waals surface area contributed by atoms with E-state index < -0.39 is 6.10 Å². The van der Waals surface area contributed by atoms with Crippen LogP contribution in [-0.2, 0) is 4.74 Å². The zero-order chi connectivity index (χ0) is 19.5. The summed E-state index contributed by atoms with van der Waals surface area (Å²) < 4.78 is 5.45. The Morgan fingerprint density at radius 3 is 2.41 bits per heavy atom. The van der Waals surface area contributed by atoms with Gasteiger partial charge in [-0.15, -0.1) is 0 Å². The molecule has 0 aliphatic rings. The standard InChI is InChI=1S/C20H26N2O4S/c23-11-9-22(10-12-26-14-19(24)15-27)18-6-3-16(4-7-18)1-2-17-5-8-20(25)21-13-17/h1-8,13,19,23-24,27H,9-12,14-15H2,(H,21,25)/b2-1+. The molecule has 0 amide bonds. The Labute approximate surface area is 165 Å². The lowest BCUT2D eigenvalue weighted by atomic mass is 10.1. The molecule has 1 aromatic carbocycles. The van der Waals surface area contributed by atoms with E-state index in [-0.39, 0.29) is 19.1 Å². The summed E-state index contributed by atoms with van der Waals surface area (Å²) in [7, 11) is 0. The van der Waals surface area contributed by atoms with Gasteiger partial charge in [-0.25, -0.2) is 4.98 Å². The summed E-state index contributed by atoms with van der Waals surface area (Å²) in [6, 6.07) is 11.3. The minimum atomic E-state index is -0.561. The number of ether oxygens (including phenoxy) is 1. The molecule has 6 nitrogen and oxygen atoms in total. The Balaban J connectivity index is 1.92. The first-order chi connectivity index (χ1) is 13.1. The van der Waals surface area contributed by atoms with E-state index in [0.717, 1.165) is 16.8 Å². The van der Waals surface area contributed by atoms with Crippen molar-refractivity contribution in [2.75, 3.05) is 43.6 Å². The van der Waals surface area contributed by atoms with Crippen LogP contribution in [0.1, 0.15) is 11.1 Å². The summed E-state index contributed by atoms with van der Waals surface area (Å²) in [4.78, 5) is 5.88. The summed E-state index contributed by atoms with van der Waals surface area (Å²) in [5, 5.41) is 27.9. The number of rotatable bonds is 11. The van der Waals surface area contributed by atoms with E-state index in [4.69, 9.17) is 4.74 Å². The van der Waals surface area contributed by atoms with Crippen LogP contribution >= 0.6 is 12.6 Å². The molecule has 0 saturated carbocycles. The van der Waals surface area contributed by atoms with Gasteiger partial charge in [-0.2, -0.15) is 12.6 Å². The Bertz CT molecular complexity index is 692. The number of thiol groups is 1. The molecule has 1 atom stereocenters. The molecule has 3 N–H and O–H groups in total. The van der Waals surface area contributed by atoms with E-state index in [1.54, 1.807) is 18.3 Å². The maximum Gasteiger partial charge on any atom is 0.210 e. The van der Waals surface area contributed by atoms with Gasteiger partial charge >= 0.3 is 0 Å². The number of hydrogen-bond acceptors (Lipinski definition) is 7. The molecule has 0 spiro atoms. The second-order valence-electron chi connectivity index (χ2n) is 6.00. The molecular formula is C20H26N2O4S. The van der Waals surface area contributed by atoms with Gasteiger partial charge in [-0.3, -0.25) is 0 Å². The van der Waals surface area contributed by atoms with Crippen LogP contribution < -0.4 is 4.90 Å². The molecule has 0 radical (unpaired) electrons. The number of benzene rings is 1. The van der Waals surface area contributed by atoms with Crippen LogP contribution in [0.4, 0.5) is 5.69 Å². The molecule has 2 rings (SSSR count). The van der Waals surface area contributed by atoms with Crippen molar-refractivity contribution in [3.05, 3.63) is 53.7 Å². The average Bonchev–Trinajstić information content (AvgIpc) is 2.70. The third-order valence-corrected chi connectivity index (χ3v) is 4.32. The number of pyridine rings is 1. The zero-order valence-electron chi connectivity index (χ0n) is 15.1. The fraction of sp³-hybridized carbons (Fsp3) is 0.350. The van der Waals surface area contributed by atoms with E-state index >= 15 is 0 Å². The van der Waals surface area contributed by atoms with Gasteiger partial charge in [-0.1, -0.05) is 24.3 Å². The van der Waals surface area contributed by atoms with Crippen LogP contribution in [0.5, 0.6) is 5.88 Å². The minimum Gasteiger partial charge on any atom is -0.493 e. The Morgan fingerprint density at radius 1 is 1.07 bits per heavy atom. The maximum atomic E-state index is 9.44. The van der Waals surface area contributed by atoms with Crippen molar-refractivity contribution in [3.63, 3.8) is 0 Å². The molecule has 2 aromatic rings. The summed E-state index contributed by atoms with van der Waals surface area (Å²) in [6.07, 6.45) is 4.94. The molecule has 1 heterocycles. The van der Waals surface area contributed by atoms with E-state index in [1.807, 2.05) is 41.3 Å². The number of aromatic hydroxyl groups is 1. The highest BCUT2D eigenvalue weighted by atomic mass is 32.1. The van der Waals surface area contributed by atoms with Crippen molar-refractivity contribution in [3.8, 4) is 5.88 Å². The normalized spacial score (nSPS) is 12.4. The Morgan fingerprint density at radius 2 is 1.78 bits per heavy atom. The SMILES string of the molecule is OCCN(CCOCC(O)CS)c1ccc(/C=C/c2ccc(O)nc2)cc1. The fourth-order valence-electron chi connectivity index (χ4n) is 2.42. The highest BCUT2D eigenvalue weighted by Gasteiger charge is 2.07. The molecule has 0 bridgehead atoms. The smallest absolute Gasteiger partial charge is 0.210 e. The molecule has 0 aliphatic carbocycles. The van der Waals surface area contributed by atoms with Crippen LogP contribution in [-0.4, -0.2) is 65.1 Å². The lowest BCUT2D eigenvalue weighted by molar-refractivity contribution is 0.0518. The predicted octanol–water partition coefficient (Wildman–Crippen LogP) is 2.06. The largest absolute Gasteiger partial charge is 0.493 e. The molecule has 0 aliphatic heterocycles. The third kappa shape index (κ3) is 7.60. The van der Waals surface area contributed by atoms with Crippen LogP contribution in [0, 0.1) is 0 Å². The first-order valence-corrected chi connectivity index (χ1v) is 9.41. The second kappa shape index (κ2) is 11.6. The average molecular weight is 391 g/mol. The number of hydrogen-bond donors (Lipinski definition) is 4. The first kappa shape index (κ1) is 21.2. The third-order valence-electron chi connectivity index (χ3n) is 3.89. The van der Waals surface area contributed by atoms with E-state index in [2.05, 4.69) is 17.6 Å². The lowest BCUT2D eigenvalue weighted by Gasteiger charge is -2.24. The fourth-order valence-corrected chi connectivity index (χ4v) is 2.53. The van der Waals surface area contributed by atoms with Crippen molar-refractivity contribution >= 4 is 30.5 Å². The number of nitrogens with zero attached hydrogens (tertiary/aromatic N) is 2. The Hall–Kier alpha value is -2.06. The van der Waals surface area contributed by atoms with Crippen molar-refractivity contribution in [1.82, 2.24) is 4.98 Å². The zero-order valence-corrected chi connectivity index (χ0v) is 16.0. The highest BCUT2D eigenvalue weighted by Crippen LogP contribution is 2.17. The number of aliphatic hydroxyl groups excluding tert-OH is 2. The summed E-state index contributed by atoms with van der Waals surface area (Å²) >= 11 is 4.01. The summed E-state index contributed by atoms with van der Waals surface area (Å²) in [6.45, 7) is 1.89. The maximum absolute atomic E-state index is 9.44. The van der Waals surface area contributed by atoms with Gasteiger partial charge in [0.25, 0.3) is 0 Å². The van der Waals surface area contributed by atoms with E-state index in [9.17, 15) is 15.3 Å². The highest BCUT2D eigenvalue weighted by molar-refractivity contribution is 7.80. The van der Waals surface area contributed by atoms with Crippen molar-refractivity contribution in [2.45, 2.75) is 6.10 Å².